The Morgan fingerprint density at radius 3 is 2.76 bits per heavy atom. The number of rotatable bonds is 7. The summed E-state index contributed by atoms with van der Waals surface area (Å²) < 4.78 is 5.25. The Morgan fingerprint density at radius 2 is 2.10 bits per heavy atom. The summed E-state index contributed by atoms with van der Waals surface area (Å²) in [7, 11) is 0. The molecule has 1 aliphatic carbocycles. The highest BCUT2D eigenvalue weighted by molar-refractivity contribution is 5.67. The Hall–Kier alpha value is -2.37. The molecule has 0 spiro atoms. The van der Waals surface area contributed by atoms with Gasteiger partial charge in [0.15, 0.2) is 5.82 Å². The van der Waals surface area contributed by atoms with E-state index in [0.29, 0.717) is 30.7 Å². The number of hydrogen-bond acceptors (Lipinski definition) is 5. The maximum Gasteiger partial charge on any atom is 0.305 e. The second kappa shape index (κ2) is 5.95. The second-order valence-electron chi connectivity index (χ2n) is 5.22. The predicted molar refractivity (Wildman–Crippen MR) is 76.0 cm³/mol. The van der Waals surface area contributed by atoms with E-state index in [9.17, 15) is 4.79 Å². The molecule has 1 aliphatic rings. The molecule has 0 aliphatic heterocycles. The van der Waals surface area contributed by atoms with Gasteiger partial charge in [0.25, 0.3) is 0 Å². The van der Waals surface area contributed by atoms with Gasteiger partial charge in [-0.15, -0.1) is 0 Å². The molecule has 0 unspecified atom stereocenters. The fraction of sp³-hybridized carbons (Fsp3) is 0.400. The number of nitrogens with zero attached hydrogens (tertiary/aromatic N) is 3. The van der Waals surface area contributed by atoms with Gasteiger partial charge in [0.05, 0.1) is 13.0 Å². The van der Waals surface area contributed by atoms with Crippen LogP contribution in [0.1, 0.15) is 36.9 Å². The molecule has 0 amide bonds. The number of carboxylic acid groups (broad SMARTS) is 1. The average Bonchev–Trinajstić information content (AvgIpc) is 3.24. The predicted octanol–water partition coefficient (Wildman–Crippen LogP) is 2.43. The van der Waals surface area contributed by atoms with E-state index in [4.69, 9.17) is 9.63 Å². The summed E-state index contributed by atoms with van der Waals surface area (Å²) in [5, 5.41) is 12.9. The van der Waals surface area contributed by atoms with Crippen LogP contribution in [0, 0.1) is 0 Å². The minimum Gasteiger partial charge on any atom is -0.481 e. The van der Waals surface area contributed by atoms with Crippen LogP contribution in [0.4, 0.5) is 5.69 Å². The number of benzene rings is 1. The monoisotopic (exact) mass is 287 g/mol. The first-order chi connectivity index (χ1) is 10.2. The van der Waals surface area contributed by atoms with Crippen molar-refractivity contribution in [1.82, 2.24) is 10.1 Å². The molecule has 1 N–H and O–H groups in total. The fourth-order valence-electron chi connectivity index (χ4n) is 2.17. The van der Waals surface area contributed by atoms with Crippen molar-refractivity contribution in [3.8, 4) is 0 Å². The van der Waals surface area contributed by atoms with Gasteiger partial charge in [-0.3, -0.25) is 4.79 Å². The number of hydrogen-bond donors (Lipinski definition) is 1. The van der Waals surface area contributed by atoms with Crippen LogP contribution in [-0.2, 0) is 11.3 Å². The van der Waals surface area contributed by atoms with Gasteiger partial charge in [-0.05, 0) is 25.0 Å². The molecule has 1 aromatic heterocycles. The summed E-state index contributed by atoms with van der Waals surface area (Å²) in [4.78, 5) is 17.2. The molecule has 0 radical (unpaired) electrons. The molecule has 2 aromatic rings. The van der Waals surface area contributed by atoms with E-state index < -0.39 is 5.97 Å². The third kappa shape index (κ3) is 3.59. The molecular weight excluding hydrogens is 270 g/mol. The van der Waals surface area contributed by atoms with Crippen molar-refractivity contribution in [2.24, 2.45) is 0 Å². The highest BCUT2D eigenvalue weighted by atomic mass is 16.5. The van der Waals surface area contributed by atoms with Crippen molar-refractivity contribution in [3.63, 3.8) is 0 Å². The molecule has 6 nitrogen and oxygen atoms in total. The summed E-state index contributed by atoms with van der Waals surface area (Å²) in [5.41, 5.74) is 0.955. The van der Waals surface area contributed by atoms with Crippen LogP contribution < -0.4 is 4.90 Å². The van der Waals surface area contributed by atoms with Gasteiger partial charge in [0, 0.05) is 18.2 Å². The summed E-state index contributed by atoms with van der Waals surface area (Å²) in [5.74, 6) is 0.917. The van der Waals surface area contributed by atoms with Crippen molar-refractivity contribution < 1.29 is 14.4 Å². The Morgan fingerprint density at radius 1 is 1.33 bits per heavy atom. The van der Waals surface area contributed by atoms with E-state index in [1.165, 1.54) is 0 Å². The molecule has 0 bridgehead atoms. The summed E-state index contributed by atoms with van der Waals surface area (Å²) in [6, 6.07) is 9.68. The van der Waals surface area contributed by atoms with E-state index in [0.717, 1.165) is 18.5 Å². The van der Waals surface area contributed by atoms with E-state index in [1.54, 1.807) is 0 Å². The van der Waals surface area contributed by atoms with Gasteiger partial charge >= 0.3 is 5.97 Å². The fourth-order valence-corrected chi connectivity index (χ4v) is 2.17. The second-order valence-corrected chi connectivity index (χ2v) is 5.22. The van der Waals surface area contributed by atoms with Crippen LogP contribution in [0.5, 0.6) is 0 Å². The van der Waals surface area contributed by atoms with Gasteiger partial charge < -0.3 is 14.5 Å². The molecule has 1 heterocycles. The largest absolute Gasteiger partial charge is 0.481 e. The highest BCUT2D eigenvalue weighted by Gasteiger charge is 2.29. The van der Waals surface area contributed by atoms with Crippen molar-refractivity contribution in [2.45, 2.75) is 31.7 Å². The zero-order valence-electron chi connectivity index (χ0n) is 11.6. The van der Waals surface area contributed by atoms with Crippen LogP contribution in [0.15, 0.2) is 34.9 Å². The van der Waals surface area contributed by atoms with Crippen molar-refractivity contribution >= 4 is 11.7 Å². The minimum absolute atomic E-state index is 0.0717. The quantitative estimate of drug-likeness (QED) is 0.842. The Kier molecular flexibility index (Phi) is 3.85. The molecule has 1 fully saturated rings. The van der Waals surface area contributed by atoms with Crippen LogP contribution in [0.25, 0.3) is 0 Å². The van der Waals surface area contributed by atoms with Gasteiger partial charge in [-0.2, -0.15) is 4.98 Å². The van der Waals surface area contributed by atoms with Crippen LogP contribution >= 0.6 is 0 Å². The summed E-state index contributed by atoms with van der Waals surface area (Å²) >= 11 is 0. The van der Waals surface area contributed by atoms with Crippen molar-refractivity contribution in [2.75, 3.05) is 11.4 Å². The molecule has 3 rings (SSSR count). The Balaban J connectivity index is 1.72. The average molecular weight is 287 g/mol. The lowest BCUT2D eigenvalue weighted by Gasteiger charge is -2.22. The van der Waals surface area contributed by atoms with Crippen molar-refractivity contribution in [3.05, 3.63) is 42.0 Å². The molecule has 1 saturated carbocycles. The van der Waals surface area contributed by atoms with Gasteiger partial charge in [0.2, 0.25) is 5.89 Å². The van der Waals surface area contributed by atoms with E-state index in [1.807, 2.05) is 35.2 Å². The SMILES string of the molecule is O=C(O)CCN(Cc1noc(C2CC2)n1)c1ccccc1. The summed E-state index contributed by atoms with van der Waals surface area (Å²) in [6.07, 6.45) is 2.30. The van der Waals surface area contributed by atoms with E-state index in [2.05, 4.69) is 10.1 Å². The molecule has 0 atom stereocenters. The first kappa shape index (κ1) is 13.6. The summed E-state index contributed by atoms with van der Waals surface area (Å²) in [6.45, 7) is 0.861. The minimum atomic E-state index is -0.817. The molecular formula is C15H17N3O3. The van der Waals surface area contributed by atoms with Gasteiger partial charge in [0.1, 0.15) is 0 Å². The molecule has 110 valence electrons. The number of para-hydroxylation sites is 1. The lowest BCUT2D eigenvalue weighted by atomic mass is 10.2. The number of aromatic nitrogens is 2. The topological polar surface area (TPSA) is 79.5 Å². The highest BCUT2D eigenvalue weighted by Crippen LogP contribution is 2.38. The molecule has 0 saturated heterocycles. The normalized spacial score (nSPS) is 14.1. The first-order valence-electron chi connectivity index (χ1n) is 7.06. The zero-order chi connectivity index (χ0) is 14.7. The third-order valence-corrected chi connectivity index (χ3v) is 3.46. The molecule has 21 heavy (non-hydrogen) atoms. The van der Waals surface area contributed by atoms with Crippen LogP contribution in [0.3, 0.4) is 0 Å². The lowest BCUT2D eigenvalue weighted by Crippen LogP contribution is -2.26. The third-order valence-electron chi connectivity index (χ3n) is 3.46. The maximum absolute atomic E-state index is 10.8. The Bertz CT molecular complexity index is 608. The van der Waals surface area contributed by atoms with Crippen LogP contribution in [-0.4, -0.2) is 27.8 Å². The smallest absolute Gasteiger partial charge is 0.305 e. The zero-order valence-corrected chi connectivity index (χ0v) is 11.6. The maximum atomic E-state index is 10.8. The van der Waals surface area contributed by atoms with E-state index in [-0.39, 0.29) is 6.42 Å². The lowest BCUT2D eigenvalue weighted by molar-refractivity contribution is -0.136. The molecule has 1 aromatic carbocycles. The standard InChI is InChI=1S/C15H17N3O3/c19-14(20)8-9-18(12-4-2-1-3-5-12)10-13-16-15(21-17-13)11-6-7-11/h1-5,11H,6-10H2,(H,19,20). The van der Waals surface area contributed by atoms with Gasteiger partial charge in [-0.25, -0.2) is 0 Å². The number of carboxylic acids is 1. The number of carbonyl (C=O) groups is 1. The van der Waals surface area contributed by atoms with Crippen molar-refractivity contribution in [1.29, 1.82) is 0 Å². The van der Waals surface area contributed by atoms with Crippen LogP contribution in [0.2, 0.25) is 0 Å². The number of aliphatic carboxylic acids is 1. The first-order valence-corrected chi connectivity index (χ1v) is 7.06. The number of anilines is 1. The molecule has 6 heteroatoms. The van der Waals surface area contributed by atoms with E-state index >= 15 is 0 Å². The van der Waals surface area contributed by atoms with Gasteiger partial charge in [-0.1, -0.05) is 23.4 Å². The Labute approximate surface area is 122 Å².